The number of alkyl halides is 3. The second-order valence-corrected chi connectivity index (χ2v) is 5.46. The van der Waals surface area contributed by atoms with Crippen LogP contribution in [-0.2, 0) is 6.18 Å². The highest BCUT2D eigenvalue weighted by Crippen LogP contribution is 2.38. The van der Waals surface area contributed by atoms with Gasteiger partial charge in [0.25, 0.3) is 0 Å². The third-order valence-electron chi connectivity index (χ3n) is 3.98. The van der Waals surface area contributed by atoms with Crippen molar-refractivity contribution < 1.29 is 13.2 Å². The Labute approximate surface area is 131 Å². The molecule has 1 saturated heterocycles. The standard InChI is InChI=1S/C15H14F3N5/c16-15(17,18)13-4-3-11(7-19)6-14(13)22-5-1-2-12(8-22)23-10-20-9-21-23/h3-4,6,9-10,12H,1-2,5,8H2/t12-/m0/s1. The molecular formula is C15H14F3N5. The van der Waals surface area contributed by atoms with Gasteiger partial charge in [-0.1, -0.05) is 0 Å². The lowest BCUT2D eigenvalue weighted by atomic mass is 10.0. The van der Waals surface area contributed by atoms with Gasteiger partial charge in [0.15, 0.2) is 0 Å². The van der Waals surface area contributed by atoms with Crippen LogP contribution in [0.3, 0.4) is 0 Å². The van der Waals surface area contributed by atoms with Crippen LogP contribution in [-0.4, -0.2) is 27.9 Å². The summed E-state index contributed by atoms with van der Waals surface area (Å²) in [7, 11) is 0. The van der Waals surface area contributed by atoms with Crippen molar-refractivity contribution in [3.63, 3.8) is 0 Å². The Hall–Kier alpha value is -2.56. The molecule has 8 heteroatoms. The highest BCUT2D eigenvalue weighted by molar-refractivity contribution is 5.59. The molecule has 23 heavy (non-hydrogen) atoms. The number of hydrogen-bond donors (Lipinski definition) is 0. The van der Waals surface area contributed by atoms with Crippen molar-refractivity contribution in [2.24, 2.45) is 0 Å². The molecule has 1 aliphatic rings. The number of aromatic nitrogens is 3. The molecule has 2 heterocycles. The number of piperidine rings is 1. The lowest BCUT2D eigenvalue weighted by Gasteiger charge is -2.35. The summed E-state index contributed by atoms with van der Waals surface area (Å²) in [5.41, 5.74) is -0.437. The monoisotopic (exact) mass is 321 g/mol. The summed E-state index contributed by atoms with van der Waals surface area (Å²) in [6.07, 6.45) is 0.113. The Kier molecular flexibility index (Phi) is 3.94. The van der Waals surface area contributed by atoms with Crippen LogP contribution < -0.4 is 4.90 Å². The molecule has 0 radical (unpaired) electrons. The molecule has 0 amide bonds. The molecule has 0 N–H and O–H groups in total. The van der Waals surface area contributed by atoms with E-state index in [0.29, 0.717) is 13.1 Å². The van der Waals surface area contributed by atoms with Crippen LogP contribution >= 0.6 is 0 Å². The molecule has 0 aliphatic carbocycles. The van der Waals surface area contributed by atoms with Crippen LogP contribution in [0.1, 0.15) is 30.0 Å². The lowest BCUT2D eigenvalue weighted by Crippen LogP contribution is -2.38. The fourth-order valence-electron chi connectivity index (χ4n) is 2.90. The smallest absolute Gasteiger partial charge is 0.369 e. The second-order valence-electron chi connectivity index (χ2n) is 5.46. The zero-order valence-corrected chi connectivity index (χ0v) is 12.2. The van der Waals surface area contributed by atoms with Crippen LogP contribution in [0.4, 0.5) is 18.9 Å². The van der Waals surface area contributed by atoms with Gasteiger partial charge in [0.2, 0.25) is 0 Å². The van der Waals surface area contributed by atoms with E-state index < -0.39 is 11.7 Å². The normalized spacial score (nSPS) is 18.7. The first-order valence-corrected chi connectivity index (χ1v) is 7.19. The SMILES string of the molecule is N#Cc1ccc(C(F)(F)F)c(N2CCC[C@H](n3cncn3)C2)c1. The van der Waals surface area contributed by atoms with E-state index in [1.54, 1.807) is 15.9 Å². The maximum absolute atomic E-state index is 13.3. The quantitative estimate of drug-likeness (QED) is 0.853. The highest BCUT2D eigenvalue weighted by Gasteiger charge is 2.36. The topological polar surface area (TPSA) is 57.7 Å². The third-order valence-corrected chi connectivity index (χ3v) is 3.98. The number of nitriles is 1. The molecule has 0 spiro atoms. The van der Waals surface area contributed by atoms with Gasteiger partial charge in [-0.2, -0.15) is 23.5 Å². The molecule has 0 bridgehead atoms. The van der Waals surface area contributed by atoms with E-state index in [0.717, 1.165) is 18.9 Å². The van der Waals surface area contributed by atoms with E-state index in [2.05, 4.69) is 10.1 Å². The first kappa shape index (κ1) is 15.3. The van der Waals surface area contributed by atoms with Crippen molar-refractivity contribution in [1.82, 2.24) is 14.8 Å². The van der Waals surface area contributed by atoms with E-state index in [1.165, 1.54) is 18.5 Å². The number of nitrogens with zero attached hydrogens (tertiary/aromatic N) is 5. The number of hydrogen-bond acceptors (Lipinski definition) is 4. The Balaban J connectivity index is 1.95. The van der Waals surface area contributed by atoms with Gasteiger partial charge in [0, 0.05) is 13.1 Å². The predicted molar refractivity (Wildman–Crippen MR) is 76.7 cm³/mol. The second kappa shape index (κ2) is 5.91. The summed E-state index contributed by atoms with van der Waals surface area (Å²) >= 11 is 0. The highest BCUT2D eigenvalue weighted by atomic mass is 19.4. The van der Waals surface area contributed by atoms with Crippen molar-refractivity contribution >= 4 is 5.69 Å². The molecular weight excluding hydrogens is 307 g/mol. The Morgan fingerprint density at radius 1 is 1.30 bits per heavy atom. The van der Waals surface area contributed by atoms with E-state index in [1.807, 2.05) is 6.07 Å². The molecule has 0 saturated carbocycles. The molecule has 1 fully saturated rings. The minimum absolute atomic E-state index is 0.0296. The average Bonchev–Trinajstić information content (AvgIpc) is 3.08. The lowest BCUT2D eigenvalue weighted by molar-refractivity contribution is -0.137. The number of halogens is 3. The van der Waals surface area contributed by atoms with Crippen LogP contribution in [0.2, 0.25) is 0 Å². The van der Waals surface area contributed by atoms with Gasteiger partial charge in [-0.25, -0.2) is 9.67 Å². The van der Waals surface area contributed by atoms with Crippen LogP contribution in [0.25, 0.3) is 0 Å². The average molecular weight is 321 g/mol. The zero-order valence-electron chi connectivity index (χ0n) is 12.2. The zero-order chi connectivity index (χ0) is 16.4. The maximum Gasteiger partial charge on any atom is 0.418 e. The fraction of sp³-hybridized carbons (Fsp3) is 0.400. The number of benzene rings is 1. The Morgan fingerprint density at radius 2 is 2.13 bits per heavy atom. The summed E-state index contributed by atoms with van der Waals surface area (Å²) in [4.78, 5) is 5.57. The van der Waals surface area contributed by atoms with E-state index in [4.69, 9.17) is 5.26 Å². The maximum atomic E-state index is 13.3. The van der Waals surface area contributed by atoms with E-state index in [9.17, 15) is 13.2 Å². The summed E-state index contributed by atoms with van der Waals surface area (Å²) < 4.78 is 41.5. The van der Waals surface area contributed by atoms with E-state index in [-0.39, 0.29) is 17.3 Å². The summed E-state index contributed by atoms with van der Waals surface area (Å²) in [5.74, 6) is 0. The van der Waals surface area contributed by atoms with Crippen molar-refractivity contribution in [3.05, 3.63) is 42.0 Å². The van der Waals surface area contributed by atoms with Crippen LogP contribution in [0.15, 0.2) is 30.9 Å². The molecule has 3 rings (SSSR count). The first-order valence-electron chi connectivity index (χ1n) is 7.19. The predicted octanol–water partition coefficient (Wildman–Crippen LogP) is 3.01. The summed E-state index contributed by atoms with van der Waals surface area (Å²) in [6.45, 7) is 0.921. The molecule has 5 nitrogen and oxygen atoms in total. The fourth-order valence-corrected chi connectivity index (χ4v) is 2.90. The minimum atomic E-state index is -4.45. The molecule has 2 aromatic rings. The summed E-state index contributed by atoms with van der Waals surface area (Å²) in [5, 5.41) is 13.1. The first-order chi connectivity index (χ1) is 11.0. The van der Waals surface area contributed by atoms with Crippen LogP contribution in [0.5, 0.6) is 0 Å². The molecule has 0 unspecified atom stereocenters. The van der Waals surface area contributed by atoms with Crippen molar-refractivity contribution in [1.29, 1.82) is 5.26 Å². The summed E-state index contributed by atoms with van der Waals surface area (Å²) in [6, 6.07) is 5.36. The molecule has 1 aromatic carbocycles. The molecule has 1 aromatic heterocycles. The Morgan fingerprint density at radius 3 is 2.78 bits per heavy atom. The number of anilines is 1. The van der Waals surface area contributed by atoms with Gasteiger partial charge in [0.05, 0.1) is 28.9 Å². The van der Waals surface area contributed by atoms with E-state index >= 15 is 0 Å². The van der Waals surface area contributed by atoms with Crippen LogP contribution in [0, 0.1) is 11.3 Å². The third kappa shape index (κ3) is 3.13. The van der Waals surface area contributed by atoms with Crippen molar-refractivity contribution in [2.75, 3.05) is 18.0 Å². The largest absolute Gasteiger partial charge is 0.418 e. The Bertz CT molecular complexity index is 718. The van der Waals surface area contributed by atoms with Gasteiger partial charge in [-0.15, -0.1) is 0 Å². The minimum Gasteiger partial charge on any atom is -0.369 e. The molecule has 120 valence electrons. The molecule has 1 atom stereocenters. The molecule has 1 aliphatic heterocycles. The van der Waals surface area contributed by atoms with Gasteiger partial charge < -0.3 is 4.90 Å². The van der Waals surface area contributed by atoms with Gasteiger partial charge in [0.1, 0.15) is 12.7 Å². The number of rotatable bonds is 2. The van der Waals surface area contributed by atoms with Gasteiger partial charge in [-0.3, -0.25) is 0 Å². The van der Waals surface area contributed by atoms with Crippen molar-refractivity contribution in [2.45, 2.75) is 25.1 Å². The van der Waals surface area contributed by atoms with Gasteiger partial charge in [-0.05, 0) is 31.0 Å². The van der Waals surface area contributed by atoms with Gasteiger partial charge >= 0.3 is 6.18 Å². The van der Waals surface area contributed by atoms with Crippen molar-refractivity contribution in [3.8, 4) is 6.07 Å².